The Kier molecular flexibility index (Phi) is 5.61. The minimum atomic E-state index is -0.856. The van der Waals surface area contributed by atoms with Crippen molar-refractivity contribution in [3.63, 3.8) is 0 Å². The summed E-state index contributed by atoms with van der Waals surface area (Å²) in [7, 11) is 0. The predicted octanol–water partition coefficient (Wildman–Crippen LogP) is 3.59. The Labute approximate surface area is 162 Å². The van der Waals surface area contributed by atoms with Crippen LogP contribution in [-0.4, -0.2) is 52.0 Å². The average Bonchev–Trinajstić information content (AvgIpc) is 3.33. The number of carboxylic acid groups (broad SMARTS) is 1. The van der Waals surface area contributed by atoms with Gasteiger partial charge in [-0.1, -0.05) is 45.0 Å². The molecule has 5 nitrogen and oxygen atoms in total. The Morgan fingerprint density at radius 1 is 1.19 bits per heavy atom. The van der Waals surface area contributed by atoms with E-state index in [0.717, 1.165) is 32.2 Å². The van der Waals surface area contributed by atoms with E-state index in [9.17, 15) is 14.7 Å². The molecule has 27 heavy (non-hydrogen) atoms. The normalized spacial score (nSPS) is 21.5. The van der Waals surface area contributed by atoms with Crippen LogP contribution in [0.3, 0.4) is 0 Å². The van der Waals surface area contributed by atoms with Crippen LogP contribution in [0.1, 0.15) is 70.5 Å². The number of carboxylic acids is 1. The van der Waals surface area contributed by atoms with Gasteiger partial charge >= 0.3 is 5.97 Å². The molecule has 2 aliphatic rings. The first-order chi connectivity index (χ1) is 12.7. The zero-order valence-electron chi connectivity index (χ0n) is 16.9. The maximum Gasteiger partial charge on any atom is 0.320 e. The van der Waals surface area contributed by atoms with Gasteiger partial charge < -0.3 is 10.0 Å². The molecule has 5 heteroatoms. The maximum atomic E-state index is 13.0. The summed E-state index contributed by atoms with van der Waals surface area (Å²) in [6.45, 7) is 9.23. The van der Waals surface area contributed by atoms with Crippen LogP contribution in [0.25, 0.3) is 0 Å². The molecule has 0 spiro atoms. The van der Waals surface area contributed by atoms with E-state index >= 15 is 0 Å². The molecule has 148 valence electrons. The molecule has 1 saturated heterocycles. The van der Waals surface area contributed by atoms with Crippen molar-refractivity contribution in [2.75, 3.05) is 13.1 Å². The van der Waals surface area contributed by atoms with Gasteiger partial charge in [0.15, 0.2) is 0 Å². The molecule has 0 bridgehead atoms. The van der Waals surface area contributed by atoms with Crippen molar-refractivity contribution < 1.29 is 14.7 Å². The number of rotatable bonds is 6. The number of amides is 1. The van der Waals surface area contributed by atoms with Crippen molar-refractivity contribution in [2.45, 2.75) is 76.9 Å². The highest BCUT2D eigenvalue weighted by Gasteiger charge is 2.38. The maximum absolute atomic E-state index is 13.0. The summed E-state index contributed by atoms with van der Waals surface area (Å²) >= 11 is 0. The van der Waals surface area contributed by atoms with E-state index in [0.29, 0.717) is 0 Å². The molecular weight excluding hydrogens is 340 g/mol. The molecule has 1 aromatic rings. The second kappa shape index (κ2) is 7.63. The zero-order chi connectivity index (χ0) is 19.8. The molecule has 2 unspecified atom stereocenters. The molecule has 1 aliphatic carbocycles. The van der Waals surface area contributed by atoms with Crippen LogP contribution in [0.2, 0.25) is 0 Å². The summed E-state index contributed by atoms with van der Waals surface area (Å²) in [6.07, 6.45) is 3.94. The van der Waals surface area contributed by atoms with Crippen molar-refractivity contribution in [2.24, 2.45) is 0 Å². The van der Waals surface area contributed by atoms with Gasteiger partial charge in [0.25, 0.3) is 0 Å². The van der Waals surface area contributed by atoms with Gasteiger partial charge in [-0.2, -0.15) is 0 Å². The smallest absolute Gasteiger partial charge is 0.320 e. The third-order valence-electron chi connectivity index (χ3n) is 5.92. The molecule has 1 amide bonds. The molecular formula is C22H32N2O3. The summed E-state index contributed by atoms with van der Waals surface area (Å²) < 4.78 is 0. The van der Waals surface area contributed by atoms with Crippen LogP contribution in [0, 0.1) is 0 Å². The van der Waals surface area contributed by atoms with Crippen LogP contribution in [-0.2, 0) is 15.0 Å². The van der Waals surface area contributed by atoms with E-state index in [1.165, 1.54) is 11.1 Å². The number of carbonyl (C=O) groups is 2. The fourth-order valence-corrected chi connectivity index (χ4v) is 3.99. The fraction of sp³-hybridized carbons (Fsp3) is 0.636. The number of hydrogen-bond acceptors (Lipinski definition) is 3. The molecule has 2 fully saturated rings. The van der Waals surface area contributed by atoms with Crippen LogP contribution >= 0.6 is 0 Å². The van der Waals surface area contributed by atoms with Crippen LogP contribution in [0.5, 0.6) is 0 Å². The Morgan fingerprint density at radius 2 is 1.81 bits per heavy atom. The SMILES string of the molecule is CC(C(=O)O)N(CC(=O)N1CCCC1c1ccc(C(C)(C)C)cc1)C1CC1. The molecule has 1 saturated carbocycles. The Morgan fingerprint density at radius 3 is 2.33 bits per heavy atom. The predicted molar refractivity (Wildman–Crippen MR) is 106 cm³/mol. The molecule has 1 N–H and O–H groups in total. The third kappa shape index (κ3) is 4.52. The van der Waals surface area contributed by atoms with Crippen LogP contribution in [0.4, 0.5) is 0 Å². The Bertz CT molecular complexity index is 689. The van der Waals surface area contributed by atoms with Gasteiger partial charge in [0, 0.05) is 12.6 Å². The number of hydrogen-bond donors (Lipinski definition) is 1. The van der Waals surface area contributed by atoms with Gasteiger partial charge in [0.05, 0.1) is 12.6 Å². The monoisotopic (exact) mass is 372 g/mol. The standard InChI is InChI=1S/C22H32N2O3/c1-15(21(26)27)24(18-11-12-18)14-20(25)23-13-5-6-19(23)16-7-9-17(10-8-16)22(2,3)4/h7-10,15,18-19H,5-6,11-14H2,1-4H3,(H,26,27). The van der Waals surface area contributed by atoms with E-state index in [1.807, 2.05) is 9.80 Å². The average molecular weight is 373 g/mol. The summed E-state index contributed by atoms with van der Waals surface area (Å²) in [5.41, 5.74) is 2.58. The minimum absolute atomic E-state index is 0.0531. The molecule has 0 aromatic heterocycles. The molecule has 1 aliphatic heterocycles. The van der Waals surface area contributed by atoms with Crippen molar-refractivity contribution in [3.05, 3.63) is 35.4 Å². The van der Waals surface area contributed by atoms with Gasteiger partial charge in [-0.3, -0.25) is 14.5 Å². The summed E-state index contributed by atoms with van der Waals surface area (Å²) in [6, 6.07) is 8.36. The third-order valence-corrected chi connectivity index (χ3v) is 5.92. The largest absolute Gasteiger partial charge is 0.480 e. The van der Waals surface area contributed by atoms with E-state index in [-0.39, 0.29) is 30.0 Å². The first kappa shape index (κ1) is 19.9. The van der Waals surface area contributed by atoms with Crippen molar-refractivity contribution in [3.8, 4) is 0 Å². The van der Waals surface area contributed by atoms with Crippen molar-refractivity contribution in [1.29, 1.82) is 0 Å². The lowest BCUT2D eigenvalue weighted by Gasteiger charge is -2.31. The summed E-state index contributed by atoms with van der Waals surface area (Å²) in [4.78, 5) is 28.2. The summed E-state index contributed by atoms with van der Waals surface area (Å²) in [5, 5.41) is 9.36. The lowest BCUT2D eigenvalue weighted by Crippen LogP contribution is -2.47. The Balaban J connectivity index is 1.71. The molecule has 2 atom stereocenters. The highest BCUT2D eigenvalue weighted by atomic mass is 16.4. The first-order valence-corrected chi connectivity index (χ1v) is 10.1. The lowest BCUT2D eigenvalue weighted by atomic mass is 9.86. The number of carbonyl (C=O) groups excluding carboxylic acids is 1. The second-order valence-corrected chi connectivity index (χ2v) is 9.03. The second-order valence-electron chi connectivity index (χ2n) is 9.03. The van der Waals surface area contributed by atoms with Crippen LogP contribution in [0.15, 0.2) is 24.3 Å². The fourth-order valence-electron chi connectivity index (χ4n) is 3.99. The van der Waals surface area contributed by atoms with Crippen molar-refractivity contribution in [1.82, 2.24) is 9.80 Å². The molecule has 3 rings (SSSR count). The molecule has 1 aromatic carbocycles. The lowest BCUT2D eigenvalue weighted by molar-refractivity contribution is -0.144. The zero-order valence-corrected chi connectivity index (χ0v) is 16.9. The summed E-state index contributed by atoms with van der Waals surface area (Å²) in [5.74, 6) is -0.803. The van der Waals surface area contributed by atoms with E-state index in [1.54, 1.807) is 6.92 Å². The number of likely N-dealkylation sites (tertiary alicyclic amines) is 1. The van der Waals surface area contributed by atoms with Gasteiger partial charge in [0.2, 0.25) is 5.91 Å². The number of aliphatic carboxylic acids is 1. The van der Waals surface area contributed by atoms with E-state index in [2.05, 4.69) is 45.0 Å². The quantitative estimate of drug-likeness (QED) is 0.829. The minimum Gasteiger partial charge on any atom is -0.480 e. The topological polar surface area (TPSA) is 60.9 Å². The number of benzene rings is 1. The molecule has 0 radical (unpaired) electrons. The molecule has 1 heterocycles. The van der Waals surface area contributed by atoms with E-state index < -0.39 is 12.0 Å². The number of nitrogens with zero attached hydrogens (tertiary/aromatic N) is 2. The van der Waals surface area contributed by atoms with Gasteiger partial charge in [-0.15, -0.1) is 0 Å². The highest BCUT2D eigenvalue weighted by molar-refractivity contribution is 5.80. The van der Waals surface area contributed by atoms with Gasteiger partial charge in [-0.25, -0.2) is 0 Å². The van der Waals surface area contributed by atoms with Gasteiger partial charge in [-0.05, 0) is 49.1 Å². The van der Waals surface area contributed by atoms with Gasteiger partial charge in [0.1, 0.15) is 6.04 Å². The highest BCUT2D eigenvalue weighted by Crippen LogP contribution is 2.34. The van der Waals surface area contributed by atoms with Crippen molar-refractivity contribution >= 4 is 11.9 Å². The first-order valence-electron chi connectivity index (χ1n) is 10.1. The Hall–Kier alpha value is -1.88. The van der Waals surface area contributed by atoms with Crippen LogP contribution < -0.4 is 0 Å². The van der Waals surface area contributed by atoms with E-state index in [4.69, 9.17) is 0 Å².